The largest absolute Gasteiger partial charge is 0.497 e. The van der Waals surface area contributed by atoms with Crippen LogP contribution in [0.15, 0.2) is 71.6 Å². The Labute approximate surface area is 206 Å². The van der Waals surface area contributed by atoms with E-state index in [9.17, 15) is 26.4 Å². The highest BCUT2D eigenvalue weighted by Crippen LogP contribution is 2.40. The number of rotatable bonds is 9. The van der Waals surface area contributed by atoms with E-state index in [1.54, 1.807) is 13.8 Å². The smallest absolute Gasteiger partial charge is 0.416 e. The number of hydrogen-bond acceptors (Lipinski definition) is 5. The van der Waals surface area contributed by atoms with Crippen molar-refractivity contribution in [2.75, 3.05) is 11.4 Å². The van der Waals surface area contributed by atoms with E-state index in [0.29, 0.717) is 11.3 Å². The zero-order chi connectivity index (χ0) is 26.7. The first-order valence-electron chi connectivity index (χ1n) is 10.7. The summed E-state index contributed by atoms with van der Waals surface area (Å²) in [5.41, 5.74) is -0.559. The topological polar surface area (TPSA) is 93.1 Å². The van der Waals surface area contributed by atoms with Gasteiger partial charge in [0.1, 0.15) is 18.1 Å². The monoisotopic (exact) mass is 523 g/mol. The summed E-state index contributed by atoms with van der Waals surface area (Å²) in [7, 11) is -2.76. The highest BCUT2D eigenvalue weighted by atomic mass is 32.2. The number of anilines is 1. The summed E-state index contributed by atoms with van der Waals surface area (Å²) in [5, 5.41) is 9.03. The maximum absolute atomic E-state index is 13.5. The number of carboxylic acid groups (broad SMARTS) is 1. The molecule has 3 aromatic rings. The van der Waals surface area contributed by atoms with E-state index in [1.807, 2.05) is 0 Å². The third kappa shape index (κ3) is 5.91. The molecule has 0 aromatic heterocycles. The SMILES string of the molecule is COc1ccc(S(=O)(=O)N(c2ccc(C(F)(F)F)cc2OCc2ccc(C(=O)O)cc2)C(C)C)cc1. The van der Waals surface area contributed by atoms with E-state index in [-0.39, 0.29) is 28.5 Å². The lowest BCUT2D eigenvalue weighted by Crippen LogP contribution is -2.37. The van der Waals surface area contributed by atoms with Crippen LogP contribution in [0.1, 0.15) is 35.3 Å². The van der Waals surface area contributed by atoms with Gasteiger partial charge in [0.25, 0.3) is 10.0 Å². The normalized spacial score (nSPS) is 11.9. The third-order valence-electron chi connectivity index (χ3n) is 5.21. The molecule has 3 aromatic carbocycles. The summed E-state index contributed by atoms with van der Waals surface area (Å²) in [5.74, 6) is -0.977. The summed E-state index contributed by atoms with van der Waals surface area (Å²) >= 11 is 0. The summed E-state index contributed by atoms with van der Waals surface area (Å²) in [4.78, 5) is 11.0. The quantitative estimate of drug-likeness (QED) is 0.393. The summed E-state index contributed by atoms with van der Waals surface area (Å²) < 4.78 is 79.2. The Kier molecular flexibility index (Phi) is 7.83. The lowest BCUT2D eigenvalue weighted by Gasteiger charge is -2.30. The van der Waals surface area contributed by atoms with E-state index in [1.165, 1.54) is 55.6 Å². The molecule has 11 heteroatoms. The van der Waals surface area contributed by atoms with Crippen molar-refractivity contribution in [1.29, 1.82) is 0 Å². The molecule has 0 radical (unpaired) electrons. The first-order valence-corrected chi connectivity index (χ1v) is 12.1. The zero-order valence-corrected chi connectivity index (χ0v) is 20.4. The summed E-state index contributed by atoms with van der Waals surface area (Å²) in [6.45, 7) is 2.96. The predicted octanol–water partition coefficient (Wildman–Crippen LogP) is 5.59. The number of methoxy groups -OCH3 is 1. The minimum Gasteiger partial charge on any atom is -0.497 e. The average Bonchev–Trinajstić information content (AvgIpc) is 2.82. The molecule has 0 heterocycles. The molecule has 1 N–H and O–H groups in total. The Hall–Kier alpha value is -3.73. The van der Waals surface area contributed by atoms with Gasteiger partial charge < -0.3 is 14.6 Å². The number of benzene rings is 3. The van der Waals surface area contributed by atoms with Crippen molar-refractivity contribution in [2.45, 2.75) is 37.6 Å². The molecule has 0 amide bonds. The van der Waals surface area contributed by atoms with Crippen LogP contribution in [0.5, 0.6) is 11.5 Å². The second-order valence-electron chi connectivity index (χ2n) is 8.04. The minimum atomic E-state index is -4.68. The van der Waals surface area contributed by atoms with Crippen molar-refractivity contribution in [1.82, 2.24) is 0 Å². The molecule has 0 aliphatic heterocycles. The number of sulfonamides is 1. The molecule has 0 unspecified atom stereocenters. The van der Waals surface area contributed by atoms with Gasteiger partial charge in [0.05, 0.1) is 28.8 Å². The van der Waals surface area contributed by atoms with Crippen LogP contribution >= 0.6 is 0 Å². The molecule has 3 rings (SSSR count). The van der Waals surface area contributed by atoms with Crippen LogP contribution < -0.4 is 13.8 Å². The van der Waals surface area contributed by atoms with Gasteiger partial charge in [-0.3, -0.25) is 4.31 Å². The van der Waals surface area contributed by atoms with E-state index >= 15 is 0 Å². The van der Waals surface area contributed by atoms with Crippen LogP contribution in [0.4, 0.5) is 18.9 Å². The average molecular weight is 524 g/mol. The Balaban J connectivity index is 2.05. The van der Waals surface area contributed by atoms with Crippen molar-refractivity contribution in [2.24, 2.45) is 0 Å². The molecule has 0 saturated heterocycles. The predicted molar refractivity (Wildman–Crippen MR) is 127 cm³/mol. The molecule has 7 nitrogen and oxygen atoms in total. The molecule has 36 heavy (non-hydrogen) atoms. The number of nitrogens with zero attached hydrogens (tertiary/aromatic N) is 1. The number of ether oxygens (including phenoxy) is 2. The van der Waals surface area contributed by atoms with Crippen LogP contribution in [0.2, 0.25) is 0 Å². The van der Waals surface area contributed by atoms with Crippen LogP contribution in [0, 0.1) is 0 Å². The van der Waals surface area contributed by atoms with E-state index < -0.39 is 33.8 Å². The van der Waals surface area contributed by atoms with Gasteiger partial charge in [0.15, 0.2) is 0 Å². The fourth-order valence-electron chi connectivity index (χ4n) is 3.44. The number of alkyl halides is 3. The molecular formula is C25H24F3NO6S. The fraction of sp³-hybridized carbons (Fsp3) is 0.240. The van der Waals surface area contributed by atoms with Gasteiger partial charge in [-0.25, -0.2) is 13.2 Å². The van der Waals surface area contributed by atoms with Crippen molar-refractivity contribution < 1.29 is 41.0 Å². The van der Waals surface area contributed by atoms with Crippen molar-refractivity contribution in [3.8, 4) is 11.5 Å². The zero-order valence-electron chi connectivity index (χ0n) is 19.6. The Bertz CT molecular complexity index is 1320. The first-order chi connectivity index (χ1) is 16.8. The van der Waals surface area contributed by atoms with Gasteiger partial charge in [-0.2, -0.15) is 13.2 Å². The Morgan fingerprint density at radius 3 is 2.11 bits per heavy atom. The van der Waals surface area contributed by atoms with Crippen LogP contribution in [0.25, 0.3) is 0 Å². The lowest BCUT2D eigenvalue weighted by atomic mass is 10.1. The highest BCUT2D eigenvalue weighted by Gasteiger charge is 2.34. The van der Waals surface area contributed by atoms with Gasteiger partial charge in [-0.1, -0.05) is 12.1 Å². The van der Waals surface area contributed by atoms with Crippen LogP contribution in [-0.4, -0.2) is 32.6 Å². The summed E-state index contributed by atoms with van der Waals surface area (Å²) in [6.07, 6.45) is -4.68. The molecule has 192 valence electrons. The lowest BCUT2D eigenvalue weighted by molar-refractivity contribution is -0.137. The number of aromatic carboxylic acids is 1. The first kappa shape index (κ1) is 26.9. The van der Waals surface area contributed by atoms with Crippen molar-refractivity contribution >= 4 is 21.7 Å². The van der Waals surface area contributed by atoms with E-state index in [0.717, 1.165) is 22.5 Å². The molecule has 0 aliphatic rings. The number of carboxylic acids is 1. The van der Waals surface area contributed by atoms with Crippen molar-refractivity contribution in [3.63, 3.8) is 0 Å². The van der Waals surface area contributed by atoms with Gasteiger partial charge >= 0.3 is 12.1 Å². The minimum absolute atomic E-state index is 0.0371. The number of hydrogen-bond donors (Lipinski definition) is 1. The standard InChI is InChI=1S/C25H24F3NO6S/c1-16(2)29(36(32,33)21-11-9-20(34-3)10-12-21)22-13-8-19(25(26,27)28)14-23(22)35-15-17-4-6-18(7-5-17)24(30)31/h4-14,16H,15H2,1-3H3,(H,30,31). The molecule has 0 fully saturated rings. The van der Waals surface area contributed by atoms with Crippen LogP contribution in [0.3, 0.4) is 0 Å². The van der Waals surface area contributed by atoms with E-state index in [2.05, 4.69) is 0 Å². The van der Waals surface area contributed by atoms with E-state index in [4.69, 9.17) is 14.6 Å². The molecule has 0 spiro atoms. The van der Waals surface area contributed by atoms with Gasteiger partial charge in [0.2, 0.25) is 0 Å². The molecule has 0 bridgehead atoms. The Morgan fingerprint density at radius 1 is 1.00 bits per heavy atom. The molecule has 0 aliphatic carbocycles. The Morgan fingerprint density at radius 2 is 1.61 bits per heavy atom. The molecule has 0 atom stereocenters. The number of carbonyl (C=O) groups is 1. The maximum Gasteiger partial charge on any atom is 0.416 e. The fourth-order valence-corrected chi connectivity index (χ4v) is 5.11. The third-order valence-corrected chi connectivity index (χ3v) is 7.21. The van der Waals surface area contributed by atoms with Gasteiger partial charge in [0, 0.05) is 6.04 Å². The second-order valence-corrected chi connectivity index (χ2v) is 9.86. The van der Waals surface area contributed by atoms with Gasteiger partial charge in [-0.15, -0.1) is 0 Å². The van der Waals surface area contributed by atoms with Crippen molar-refractivity contribution in [3.05, 3.63) is 83.4 Å². The molecule has 0 saturated carbocycles. The summed E-state index contributed by atoms with van der Waals surface area (Å²) in [6, 6.07) is 13.2. The second kappa shape index (κ2) is 10.5. The van der Waals surface area contributed by atoms with Gasteiger partial charge in [-0.05, 0) is 74.0 Å². The molecular weight excluding hydrogens is 499 g/mol. The maximum atomic E-state index is 13.5. The van der Waals surface area contributed by atoms with Crippen LogP contribution in [-0.2, 0) is 22.8 Å². The highest BCUT2D eigenvalue weighted by molar-refractivity contribution is 7.92. The number of halogens is 3.